The average Bonchev–Trinajstić information content (AvgIpc) is 3.49. The number of rotatable bonds is 8. The molecular weight excluding hydrogens is 469 g/mol. The van der Waals surface area contributed by atoms with Crippen LogP contribution in [-0.2, 0) is 10.9 Å². The number of hydrogen-bond acceptors (Lipinski definition) is 6. The number of thiophene rings is 1. The van der Waals surface area contributed by atoms with Gasteiger partial charge in [0.25, 0.3) is 5.91 Å². The molecule has 11 heteroatoms. The molecule has 176 valence electrons. The largest absolute Gasteiger partial charge is 0.460 e. The van der Waals surface area contributed by atoms with Crippen molar-refractivity contribution >= 4 is 22.9 Å². The molecule has 1 N–H and O–H groups in total. The maximum absolute atomic E-state index is 12.8. The second-order valence-electron chi connectivity index (χ2n) is 7.03. The molecule has 1 amide bonds. The van der Waals surface area contributed by atoms with Crippen LogP contribution in [0.2, 0.25) is 0 Å². The monoisotopic (exact) mass is 488 g/mol. The van der Waals surface area contributed by atoms with Crippen molar-refractivity contribution in [3.05, 3.63) is 77.2 Å². The lowest BCUT2D eigenvalue weighted by Crippen LogP contribution is -2.13. The first-order chi connectivity index (χ1) is 16.3. The number of aromatic nitrogens is 3. The Labute approximate surface area is 196 Å². The molecule has 0 fully saturated rings. The smallest absolute Gasteiger partial charge is 0.416 e. The number of nitrogens with one attached hydrogen (secondary N) is 1. The van der Waals surface area contributed by atoms with Gasteiger partial charge in [-0.2, -0.15) is 18.2 Å². The lowest BCUT2D eigenvalue weighted by molar-refractivity contribution is -0.137. The molecule has 7 nitrogen and oxygen atoms in total. The zero-order valence-electron chi connectivity index (χ0n) is 17.9. The Balaban J connectivity index is 1.58. The number of ether oxygens (including phenoxy) is 2. The molecule has 2 aromatic heterocycles. The number of halogens is 3. The average molecular weight is 488 g/mol. The summed E-state index contributed by atoms with van der Waals surface area (Å²) in [5, 5.41) is 9.05. The Kier molecular flexibility index (Phi) is 6.94. The minimum Gasteiger partial charge on any atom is -0.460 e. The summed E-state index contributed by atoms with van der Waals surface area (Å²) < 4.78 is 50.5. The van der Waals surface area contributed by atoms with Gasteiger partial charge in [0.05, 0.1) is 22.7 Å². The third-order valence-corrected chi connectivity index (χ3v) is 5.54. The molecule has 4 aromatic rings. The van der Waals surface area contributed by atoms with Crippen LogP contribution >= 0.6 is 11.3 Å². The fraction of sp³-hybridized carbons (Fsp3) is 0.174. The maximum Gasteiger partial charge on any atom is 0.416 e. The summed E-state index contributed by atoms with van der Waals surface area (Å²) in [5.74, 6) is 0.0279. The standard InChI is InChI=1S/C23H19F3N4O3S/c1-32-11-12-33-22-28-20(19-6-3-13-34-19)30(29-22)18-5-2-4-17(14-18)27-21(31)15-7-9-16(10-8-15)23(24,25)26/h2-10,13-14H,11-12H2,1H3,(H,27,31). The van der Waals surface area contributed by atoms with E-state index in [1.165, 1.54) is 11.3 Å². The fourth-order valence-electron chi connectivity index (χ4n) is 3.05. The molecule has 2 aromatic carbocycles. The van der Waals surface area contributed by atoms with Gasteiger partial charge in [0.1, 0.15) is 6.61 Å². The quantitative estimate of drug-likeness (QED) is 0.341. The van der Waals surface area contributed by atoms with Gasteiger partial charge in [0, 0.05) is 18.4 Å². The van der Waals surface area contributed by atoms with Crippen molar-refractivity contribution in [2.45, 2.75) is 6.18 Å². The minimum atomic E-state index is -4.46. The predicted octanol–water partition coefficient (Wildman–Crippen LogP) is 5.29. The van der Waals surface area contributed by atoms with Crippen LogP contribution in [0.1, 0.15) is 15.9 Å². The van der Waals surface area contributed by atoms with E-state index in [2.05, 4.69) is 15.4 Å². The van der Waals surface area contributed by atoms with E-state index in [0.29, 0.717) is 23.8 Å². The lowest BCUT2D eigenvalue weighted by atomic mass is 10.1. The number of anilines is 1. The Morgan fingerprint density at radius 3 is 2.56 bits per heavy atom. The molecule has 0 atom stereocenters. The van der Waals surface area contributed by atoms with Gasteiger partial charge in [0.15, 0.2) is 5.82 Å². The summed E-state index contributed by atoms with van der Waals surface area (Å²) in [6.45, 7) is 0.669. The Bertz CT molecular complexity index is 1260. The summed E-state index contributed by atoms with van der Waals surface area (Å²) in [4.78, 5) is 17.9. The molecule has 2 heterocycles. The van der Waals surface area contributed by atoms with Gasteiger partial charge in [-0.3, -0.25) is 4.79 Å². The Morgan fingerprint density at radius 2 is 1.88 bits per heavy atom. The molecule has 0 aliphatic heterocycles. The van der Waals surface area contributed by atoms with E-state index < -0.39 is 17.6 Å². The van der Waals surface area contributed by atoms with Crippen molar-refractivity contribution in [1.82, 2.24) is 14.8 Å². The van der Waals surface area contributed by atoms with E-state index in [1.807, 2.05) is 17.5 Å². The molecule has 0 aliphatic carbocycles. The topological polar surface area (TPSA) is 78.3 Å². The van der Waals surface area contributed by atoms with E-state index in [9.17, 15) is 18.0 Å². The van der Waals surface area contributed by atoms with Crippen molar-refractivity contribution in [2.24, 2.45) is 0 Å². The van der Waals surface area contributed by atoms with Crippen molar-refractivity contribution in [2.75, 3.05) is 25.6 Å². The van der Waals surface area contributed by atoms with Gasteiger partial charge < -0.3 is 14.8 Å². The number of hydrogen-bond donors (Lipinski definition) is 1. The predicted molar refractivity (Wildman–Crippen MR) is 121 cm³/mol. The first-order valence-corrected chi connectivity index (χ1v) is 10.9. The molecule has 4 rings (SSSR count). The summed E-state index contributed by atoms with van der Waals surface area (Å²) in [6.07, 6.45) is -4.46. The number of alkyl halides is 3. The zero-order valence-corrected chi connectivity index (χ0v) is 18.7. The second-order valence-corrected chi connectivity index (χ2v) is 7.98. The first kappa shape index (κ1) is 23.5. The highest BCUT2D eigenvalue weighted by atomic mass is 32.1. The number of benzene rings is 2. The number of carbonyl (C=O) groups excluding carboxylic acids is 1. The zero-order chi connectivity index (χ0) is 24.1. The van der Waals surface area contributed by atoms with Crippen LogP contribution in [0, 0.1) is 0 Å². The molecule has 0 unspecified atom stereocenters. The van der Waals surface area contributed by atoms with Crippen LogP contribution in [0.15, 0.2) is 66.0 Å². The van der Waals surface area contributed by atoms with Crippen LogP contribution in [-0.4, -0.2) is 41.0 Å². The van der Waals surface area contributed by atoms with Crippen LogP contribution in [0.5, 0.6) is 6.01 Å². The summed E-state index contributed by atoms with van der Waals surface area (Å²) in [5.41, 5.74) is 0.341. The molecule has 0 spiro atoms. The van der Waals surface area contributed by atoms with E-state index in [-0.39, 0.29) is 18.2 Å². The third-order valence-electron chi connectivity index (χ3n) is 4.67. The molecule has 0 saturated carbocycles. The fourth-order valence-corrected chi connectivity index (χ4v) is 3.74. The maximum atomic E-state index is 12.8. The van der Waals surface area contributed by atoms with Crippen LogP contribution in [0.3, 0.4) is 0 Å². The summed E-state index contributed by atoms with van der Waals surface area (Å²) in [6, 6.07) is 14.9. The van der Waals surface area contributed by atoms with E-state index >= 15 is 0 Å². The van der Waals surface area contributed by atoms with Gasteiger partial charge >= 0.3 is 12.2 Å². The first-order valence-electron chi connectivity index (χ1n) is 10.1. The Hall–Kier alpha value is -3.70. The molecule has 0 bridgehead atoms. The Morgan fingerprint density at radius 1 is 1.09 bits per heavy atom. The van der Waals surface area contributed by atoms with Crippen molar-refractivity contribution in [1.29, 1.82) is 0 Å². The highest BCUT2D eigenvalue weighted by molar-refractivity contribution is 7.13. The van der Waals surface area contributed by atoms with Crippen LogP contribution in [0.4, 0.5) is 18.9 Å². The number of amides is 1. The minimum absolute atomic E-state index is 0.104. The normalized spacial score (nSPS) is 11.4. The number of carbonyl (C=O) groups is 1. The number of nitrogens with zero attached hydrogens (tertiary/aromatic N) is 3. The lowest BCUT2D eigenvalue weighted by Gasteiger charge is -2.10. The highest BCUT2D eigenvalue weighted by Gasteiger charge is 2.30. The van der Waals surface area contributed by atoms with Gasteiger partial charge in [-0.1, -0.05) is 12.1 Å². The molecular formula is C23H19F3N4O3S. The van der Waals surface area contributed by atoms with Crippen LogP contribution < -0.4 is 10.1 Å². The van der Waals surface area contributed by atoms with Crippen molar-refractivity contribution in [3.8, 4) is 22.4 Å². The molecule has 0 radical (unpaired) electrons. The van der Waals surface area contributed by atoms with Gasteiger partial charge in [-0.15, -0.1) is 16.4 Å². The van der Waals surface area contributed by atoms with Crippen molar-refractivity contribution < 1.29 is 27.4 Å². The SMILES string of the molecule is COCCOc1nc(-c2cccs2)n(-c2cccc(NC(=O)c3ccc(C(F)(F)F)cc3)c2)n1. The van der Waals surface area contributed by atoms with Gasteiger partial charge in [0.2, 0.25) is 0 Å². The number of methoxy groups -OCH3 is 1. The van der Waals surface area contributed by atoms with Crippen molar-refractivity contribution in [3.63, 3.8) is 0 Å². The highest BCUT2D eigenvalue weighted by Crippen LogP contribution is 2.30. The van der Waals surface area contributed by atoms with E-state index in [0.717, 1.165) is 29.1 Å². The summed E-state index contributed by atoms with van der Waals surface area (Å²) >= 11 is 1.49. The second kappa shape index (κ2) is 10.1. The van der Waals surface area contributed by atoms with Gasteiger partial charge in [-0.05, 0) is 53.9 Å². The van der Waals surface area contributed by atoms with Crippen LogP contribution in [0.25, 0.3) is 16.4 Å². The molecule has 0 aliphatic rings. The third kappa shape index (κ3) is 5.43. The molecule has 34 heavy (non-hydrogen) atoms. The molecule has 0 saturated heterocycles. The van der Waals surface area contributed by atoms with E-state index in [4.69, 9.17) is 9.47 Å². The van der Waals surface area contributed by atoms with Gasteiger partial charge in [-0.25, -0.2) is 4.68 Å². The van der Waals surface area contributed by atoms with E-state index in [1.54, 1.807) is 36.1 Å². The summed E-state index contributed by atoms with van der Waals surface area (Å²) in [7, 11) is 1.57.